The fraction of sp³-hybridized carbons (Fsp3) is 0.655. The second-order valence-electron chi connectivity index (χ2n) is 34.3. The number of aliphatic hydroxyl groups excluding tert-OH is 1. The number of carbonyl (C=O) groups is 20. The third-order valence-electron chi connectivity index (χ3n) is 20.9. The Kier molecular flexibility index (Phi) is 51.9. The van der Waals surface area contributed by atoms with Gasteiger partial charge in [0.25, 0.3) is 0 Å². The van der Waals surface area contributed by atoms with Crippen LogP contribution >= 0.6 is 12.6 Å². The number of para-hydroxylation sites is 1. The molecule has 0 aliphatic heterocycles. The van der Waals surface area contributed by atoms with Crippen molar-refractivity contribution in [3.05, 3.63) is 36.0 Å². The van der Waals surface area contributed by atoms with Crippen LogP contribution in [0.1, 0.15) is 204 Å². The van der Waals surface area contributed by atoms with Crippen molar-refractivity contribution < 1.29 is 121 Å². The van der Waals surface area contributed by atoms with Crippen LogP contribution in [-0.4, -0.2) is 270 Å². The zero-order chi connectivity index (χ0) is 100. The summed E-state index contributed by atoms with van der Waals surface area (Å²) in [6, 6.07) is -17.9. The van der Waals surface area contributed by atoms with E-state index in [2.05, 4.69) is 97.4 Å². The molecule has 17 atom stereocenters. The van der Waals surface area contributed by atoms with Crippen molar-refractivity contribution in [3.63, 3.8) is 0 Å². The number of carbonyl (C=O) groups excluding carboxylic acids is 16. The number of primary amides is 2. The van der Waals surface area contributed by atoms with Crippen molar-refractivity contribution >= 4 is 148 Å². The lowest BCUT2D eigenvalue weighted by atomic mass is 9.96. The van der Waals surface area contributed by atoms with Crippen molar-refractivity contribution in [3.8, 4) is 0 Å². The Bertz CT molecular complexity index is 4280. The van der Waals surface area contributed by atoms with Crippen LogP contribution in [0.25, 0.3) is 10.9 Å². The van der Waals surface area contributed by atoms with Crippen LogP contribution in [0.2, 0.25) is 0 Å². The highest BCUT2D eigenvalue weighted by atomic mass is 32.1. The molecule has 1 aromatic carbocycles. The second kappa shape index (κ2) is 59.1. The van der Waals surface area contributed by atoms with Crippen LogP contribution in [0.4, 0.5) is 0 Å². The number of carboxylic acid groups (broad SMARTS) is 4. The van der Waals surface area contributed by atoms with E-state index in [-0.39, 0.29) is 88.6 Å². The van der Waals surface area contributed by atoms with Crippen LogP contribution in [0.5, 0.6) is 0 Å². The number of nitrogens with one attached hydrogen (secondary N) is 17. The van der Waals surface area contributed by atoms with Gasteiger partial charge in [-0.2, -0.15) is 12.6 Å². The van der Waals surface area contributed by atoms with Gasteiger partial charge in [0.1, 0.15) is 84.6 Å². The molecule has 47 nitrogen and oxygen atoms in total. The first-order chi connectivity index (χ1) is 61.8. The molecule has 0 radical (unpaired) electrons. The number of rotatable bonds is 65. The smallest absolute Gasteiger partial charge is 0.326 e. The van der Waals surface area contributed by atoms with E-state index in [4.69, 9.17) is 34.1 Å². The highest BCUT2D eigenvalue weighted by Crippen LogP contribution is 2.22. The first-order valence-corrected chi connectivity index (χ1v) is 44.5. The fourth-order valence-electron chi connectivity index (χ4n) is 13.6. The number of unbranched alkanes of at least 4 members (excludes halogenated alkanes) is 1. The zero-order valence-corrected chi connectivity index (χ0v) is 77.4. The second-order valence-corrected chi connectivity index (χ2v) is 34.6. The summed E-state index contributed by atoms with van der Waals surface area (Å²) in [5.41, 5.74) is 29.3. The maximum atomic E-state index is 15.2. The minimum atomic E-state index is -2.10. The third-order valence-corrected chi connectivity index (χ3v) is 21.2. The number of nitrogens with two attached hydrogens (primary N) is 5. The molecule has 48 heteroatoms. The summed E-state index contributed by atoms with van der Waals surface area (Å²) in [6.45, 7) is 18.1. The molecule has 740 valence electrons. The van der Waals surface area contributed by atoms with Gasteiger partial charge in [-0.05, 0) is 138 Å². The Morgan fingerprint density at radius 2 is 0.735 bits per heavy atom. The average molecular weight is 1890 g/mol. The minimum Gasteiger partial charge on any atom is -0.481 e. The van der Waals surface area contributed by atoms with Crippen LogP contribution in [0.3, 0.4) is 0 Å². The van der Waals surface area contributed by atoms with Gasteiger partial charge >= 0.3 is 23.9 Å². The molecule has 16 amide bonds. The zero-order valence-electron chi connectivity index (χ0n) is 76.5. The molecule has 132 heavy (non-hydrogen) atoms. The maximum absolute atomic E-state index is 15.2. The number of aromatic amines is 1. The van der Waals surface area contributed by atoms with E-state index in [0.717, 1.165) is 6.92 Å². The Hall–Kier alpha value is -12.3. The summed E-state index contributed by atoms with van der Waals surface area (Å²) < 4.78 is 0. The van der Waals surface area contributed by atoms with Gasteiger partial charge in [0.15, 0.2) is 5.96 Å². The monoisotopic (exact) mass is 1890 g/mol. The predicted octanol–water partition coefficient (Wildman–Crippen LogP) is -4.42. The van der Waals surface area contributed by atoms with Crippen molar-refractivity contribution in [1.29, 1.82) is 5.41 Å². The number of benzene rings is 1. The summed E-state index contributed by atoms with van der Waals surface area (Å²) in [4.78, 5) is 277. The summed E-state index contributed by atoms with van der Waals surface area (Å²) in [5.74, 6) is -25.7. The predicted molar refractivity (Wildman–Crippen MR) is 482 cm³/mol. The molecular formula is C84H138N22O25S. The number of aliphatic carboxylic acids is 4. The van der Waals surface area contributed by atoms with Crippen molar-refractivity contribution in [2.45, 2.75) is 301 Å². The van der Waals surface area contributed by atoms with Gasteiger partial charge < -0.3 is 139 Å². The normalized spacial score (nSPS) is 15.2. The van der Waals surface area contributed by atoms with Crippen molar-refractivity contribution in [2.24, 2.45) is 58.3 Å². The van der Waals surface area contributed by atoms with Gasteiger partial charge in [-0.3, -0.25) is 96.5 Å². The number of hydrogen-bond acceptors (Lipinski definition) is 25. The molecule has 0 spiro atoms. The molecule has 0 unspecified atom stereocenters. The van der Waals surface area contributed by atoms with Crippen LogP contribution < -0.4 is 108 Å². The first kappa shape index (κ1) is 116. The number of H-pyrrole nitrogens is 1. The van der Waals surface area contributed by atoms with Gasteiger partial charge in [-0.15, -0.1) is 0 Å². The van der Waals surface area contributed by atoms with Crippen molar-refractivity contribution in [1.82, 2.24) is 84.7 Å². The first-order valence-electron chi connectivity index (χ1n) is 43.9. The number of amides is 16. The molecule has 0 aliphatic rings. The van der Waals surface area contributed by atoms with Crippen molar-refractivity contribution in [2.75, 3.05) is 18.8 Å². The topological polar surface area (TPSA) is 793 Å². The lowest BCUT2D eigenvalue weighted by molar-refractivity contribution is -0.143. The summed E-state index contributed by atoms with van der Waals surface area (Å²) in [7, 11) is 0. The standard InChI is InChI=1S/C84H138N22O25S/c1-12-44(10)67(105-69(116)48(86)37-66(114)115)81(128)102-57(33-41(4)5)77(124)100-56(32-40(2)3)76(123)94-50(20-15-16-30-85)70(117)101-59(36-46-38-92-49-19-14-13-18-47(46)49)78(125)97-52(22-26-62(87)108)72(119)93-51(21-17-31-91-84(89)90)71(118)99-58(34-42(6)7)79(126)106-68(45(11)107)82(129)98-55(25-29-65(112)113)74(121)96-54(24-28-64(110)111)73(120)95-53(23-27-63(88)109)75(122)104-61(39-132)80(127)103-60(83(130)131)35-43(8)9/h13-14,18-19,38,40-45,48,50-61,67-68,92,107,132H,12,15-17,20-37,39,85-86H2,1-11H3,(H2,87,108)(H2,88,109)(H,93,119)(H,94,123)(H,95,120)(H,96,121)(H,97,125)(H,98,129)(H,99,118)(H,100,124)(H,101,117)(H,102,128)(H,103,127)(H,104,122)(H,105,116)(H,106,126)(H,110,111)(H,112,113)(H,114,115)(H,130,131)(H4,89,90,91)/t44-,45+,48-,50-,51-,52-,53-,54-,55-,56-,57-,58-,59-,60-,61-,67-,68-/m0/s1. The van der Waals surface area contributed by atoms with E-state index in [0.29, 0.717) is 29.3 Å². The van der Waals surface area contributed by atoms with E-state index in [1.165, 1.54) is 0 Å². The molecule has 2 rings (SSSR count). The Balaban J connectivity index is 2.73. The van der Waals surface area contributed by atoms with Gasteiger partial charge in [0, 0.05) is 61.5 Å². The fourth-order valence-corrected chi connectivity index (χ4v) is 13.9. The largest absolute Gasteiger partial charge is 0.481 e. The molecule has 32 N–H and O–H groups in total. The van der Waals surface area contributed by atoms with Crippen LogP contribution in [0, 0.1) is 35.0 Å². The van der Waals surface area contributed by atoms with Gasteiger partial charge in [-0.25, -0.2) is 4.79 Å². The Labute approximate surface area is 770 Å². The van der Waals surface area contributed by atoms with E-state index in [9.17, 15) is 107 Å². The average Bonchev–Trinajstić information content (AvgIpc) is 1.67. The molecule has 1 aromatic heterocycles. The summed E-state index contributed by atoms with van der Waals surface area (Å²) in [5, 5.41) is 95.2. The van der Waals surface area contributed by atoms with Gasteiger partial charge in [-0.1, -0.05) is 93.9 Å². The molecule has 0 aliphatic carbocycles. The Morgan fingerprint density at radius 3 is 1.12 bits per heavy atom. The van der Waals surface area contributed by atoms with Crippen LogP contribution in [-0.2, 0) is 102 Å². The molecule has 2 aromatic rings. The summed E-state index contributed by atoms with van der Waals surface area (Å²) in [6.07, 6.45) is -7.03. The van der Waals surface area contributed by atoms with E-state index in [1.807, 2.05) is 0 Å². The van der Waals surface area contributed by atoms with Gasteiger partial charge in [0.2, 0.25) is 94.5 Å². The van der Waals surface area contributed by atoms with E-state index in [1.54, 1.807) is 99.7 Å². The van der Waals surface area contributed by atoms with E-state index >= 15 is 14.4 Å². The Morgan fingerprint density at radius 1 is 0.402 bits per heavy atom. The lowest BCUT2D eigenvalue weighted by Crippen LogP contribution is -2.62. The highest BCUT2D eigenvalue weighted by molar-refractivity contribution is 7.80. The van der Waals surface area contributed by atoms with Crippen LogP contribution in [0.15, 0.2) is 30.5 Å². The number of fused-ring (bicyclic) bond motifs is 1. The molecule has 0 bridgehead atoms. The minimum absolute atomic E-state index is 0.0160. The third kappa shape index (κ3) is 43.6. The summed E-state index contributed by atoms with van der Waals surface area (Å²) >= 11 is 4.10. The number of hydrogen-bond donors (Lipinski definition) is 28. The lowest BCUT2D eigenvalue weighted by Gasteiger charge is -2.30. The molecular weight excluding hydrogens is 1750 g/mol. The van der Waals surface area contributed by atoms with Gasteiger partial charge in [0.05, 0.1) is 18.6 Å². The molecule has 0 saturated carbocycles. The molecule has 1 heterocycles. The number of aromatic nitrogens is 1. The van der Waals surface area contributed by atoms with E-state index < -0.39 is 296 Å². The molecule has 0 saturated heterocycles. The quantitative estimate of drug-likeness (QED) is 0.0129. The number of aliphatic hydroxyl groups is 1. The number of thiol groups is 1. The number of carboxylic acids is 4. The molecule has 0 fully saturated rings. The highest BCUT2D eigenvalue weighted by Gasteiger charge is 2.41. The number of guanidine groups is 1. The SMILES string of the molecule is CC[C@H](C)[C@H](NC(=O)[C@@H](N)CC(=O)O)C(=O)N[C@@H](CC(C)C)C(=O)N[C@@H](CC(C)C)C(=O)N[C@@H](CCCCN)C(=O)N[C@@H](Cc1c[nH]c2ccccc12)C(=O)N[C@@H](CCC(N)=O)C(=O)N[C@@H](CCCNC(=N)N)C(=O)N[C@@H](CC(C)C)C(=O)N[C@H](C(=O)N[C@@H](CCC(=O)O)C(=O)N[C@@H](CCC(=O)O)C(=O)N[C@@H](CCC(N)=O)C(=O)N[C@@H](CS)C(=O)N[C@@H](CC(C)C)C(=O)O)[C@@H](C)O. The maximum Gasteiger partial charge on any atom is 0.326 e.